The van der Waals surface area contributed by atoms with Gasteiger partial charge < -0.3 is 11.1 Å². The Labute approximate surface area is 93.2 Å². The summed E-state index contributed by atoms with van der Waals surface area (Å²) < 4.78 is 0.826. The topological polar surface area (TPSA) is 50.9 Å². The minimum atomic E-state index is -0.219. The van der Waals surface area contributed by atoms with Gasteiger partial charge in [-0.1, -0.05) is 0 Å². The van der Waals surface area contributed by atoms with Crippen molar-refractivity contribution >= 4 is 21.6 Å². The lowest BCUT2D eigenvalue weighted by Crippen LogP contribution is -2.39. The monoisotopic (exact) mass is 257 g/mol. The van der Waals surface area contributed by atoms with Gasteiger partial charge in [0, 0.05) is 18.3 Å². The van der Waals surface area contributed by atoms with E-state index in [4.69, 9.17) is 5.73 Å². The van der Waals surface area contributed by atoms with Gasteiger partial charge >= 0.3 is 0 Å². The average Bonchev–Trinajstić information content (AvgIpc) is 2.05. The lowest BCUT2D eigenvalue weighted by Gasteiger charge is -2.20. The molecule has 1 aromatic heterocycles. The van der Waals surface area contributed by atoms with Crippen molar-refractivity contribution in [2.45, 2.75) is 26.3 Å². The van der Waals surface area contributed by atoms with Crippen LogP contribution in [0.3, 0.4) is 0 Å². The summed E-state index contributed by atoms with van der Waals surface area (Å²) in [4.78, 5) is 4.19. The summed E-state index contributed by atoms with van der Waals surface area (Å²) in [6, 6.07) is 2.04. The molecular weight excluding hydrogens is 242 g/mol. The highest BCUT2D eigenvalue weighted by molar-refractivity contribution is 9.10. The van der Waals surface area contributed by atoms with Crippen molar-refractivity contribution in [3.63, 3.8) is 0 Å². The number of hydrogen-bond acceptors (Lipinski definition) is 3. The summed E-state index contributed by atoms with van der Waals surface area (Å²) in [5.74, 6) is 0. The first kappa shape index (κ1) is 11.5. The smallest absolute Gasteiger partial charge is 0.129 e. The van der Waals surface area contributed by atoms with Gasteiger partial charge in [0.1, 0.15) is 4.60 Å². The van der Waals surface area contributed by atoms with Gasteiger partial charge in [0.2, 0.25) is 0 Å². The van der Waals surface area contributed by atoms with Gasteiger partial charge in [0.05, 0.1) is 5.69 Å². The minimum absolute atomic E-state index is 0.219. The van der Waals surface area contributed by atoms with Gasteiger partial charge in [-0.25, -0.2) is 4.98 Å². The van der Waals surface area contributed by atoms with E-state index in [1.165, 1.54) is 0 Å². The Hall–Kier alpha value is -0.610. The second kappa shape index (κ2) is 4.28. The molecule has 0 amide bonds. The predicted octanol–water partition coefficient (Wildman–Crippen LogP) is 2.30. The average molecular weight is 258 g/mol. The lowest BCUT2D eigenvalue weighted by molar-refractivity contribution is 0.549. The zero-order valence-electron chi connectivity index (χ0n) is 8.76. The summed E-state index contributed by atoms with van der Waals surface area (Å²) >= 11 is 3.38. The standard InChI is InChI=1S/C10H16BrN3/c1-7-4-8(9(11)13-5-7)14-6-10(2,3)12/h4-5,14H,6,12H2,1-3H3. The Balaban J connectivity index is 2.72. The summed E-state index contributed by atoms with van der Waals surface area (Å²) in [5, 5.41) is 3.26. The molecular formula is C10H16BrN3. The predicted molar refractivity (Wildman–Crippen MR) is 63.4 cm³/mol. The molecule has 1 rings (SSSR count). The molecule has 0 aromatic carbocycles. The van der Waals surface area contributed by atoms with Crippen molar-refractivity contribution in [2.24, 2.45) is 5.73 Å². The van der Waals surface area contributed by atoms with E-state index in [1.807, 2.05) is 33.0 Å². The molecule has 1 aromatic rings. The van der Waals surface area contributed by atoms with Crippen molar-refractivity contribution < 1.29 is 0 Å². The maximum absolute atomic E-state index is 5.87. The van der Waals surface area contributed by atoms with Crippen LogP contribution in [-0.2, 0) is 0 Å². The zero-order valence-corrected chi connectivity index (χ0v) is 10.4. The third-order valence-corrected chi connectivity index (χ3v) is 2.34. The van der Waals surface area contributed by atoms with E-state index in [-0.39, 0.29) is 5.54 Å². The minimum Gasteiger partial charge on any atom is -0.381 e. The van der Waals surface area contributed by atoms with Gasteiger partial charge in [-0.15, -0.1) is 0 Å². The molecule has 14 heavy (non-hydrogen) atoms. The first-order valence-corrected chi connectivity index (χ1v) is 5.33. The number of halogens is 1. The Morgan fingerprint density at radius 2 is 2.21 bits per heavy atom. The molecule has 3 N–H and O–H groups in total. The molecule has 0 saturated carbocycles. The molecule has 78 valence electrons. The molecule has 0 unspecified atom stereocenters. The van der Waals surface area contributed by atoms with Crippen LogP contribution < -0.4 is 11.1 Å². The molecule has 0 spiro atoms. The van der Waals surface area contributed by atoms with E-state index in [0.29, 0.717) is 0 Å². The van der Waals surface area contributed by atoms with Crippen LogP contribution in [0.5, 0.6) is 0 Å². The quantitative estimate of drug-likeness (QED) is 0.818. The number of nitrogens with zero attached hydrogens (tertiary/aromatic N) is 1. The third-order valence-electron chi connectivity index (χ3n) is 1.71. The Morgan fingerprint density at radius 3 is 2.79 bits per heavy atom. The first-order valence-electron chi connectivity index (χ1n) is 4.53. The van der Waals surface area contributed by atoms with Gasteiger partial charge in [-0.2, -0.15) is 0 Å². The molecule has 3 nitrogen and oxygen atoms in total. The highest BCUT2D eigenvalue weighted by Gasteiger charge is 2.11. The Bertz CT molecular complexity index is 318. The lowest BCUT2D eigenvalue weighted by atomic mass is 10.1. The maximum Gasteiger partial charge on any atom is 0.129 e. The maximum atomic E-state index is 5.87. The van der Waals surface area contributed by atoms with Crippen molar-refractivity contribution in [1.29, 1.82) is 0 Å². The summed E-state index contributed by atoms with van der Waals surface area (Å²) in [7, 11) is 0. The van der Waals surface area contributed by atoms with Crippen molar-refractivity contribution in [1.82, 2.24) is 4.98 Å². The number of nitrogens with two attached hydrogens (primary N) is 1. The highest BCUT2D eigenvalue weighted by atomic mass is 79.9. The first-order chi connectivity index (χ1) is 6.38. The number of nitrogens with one attached hydrogen (secondary N) is 1. The fourth-order valence-electron chi connectivity index (χ4n) is 1.000. The molecule has 0 fully saturated rings. The fraction of sp³-hybridized carbons (Fsp3) is 0.500. The third kappa shape index (κ3) is 3.64. The SMILES string of the molecule is Cc1cnc(Br)c(NCC(C)(C)N)c1. The Kier molecular flexibility index (Phi) is 3.50. The molecule has 0 aliphatic carbocycles. The summed E-state index contributed by atoms with van der Waals surface area (Å²) in [6.45, 7) is 6.70. The molecule has 4 heteroatoms. The van der Waals surface area contributed by atoms with Crippen LogP contribution in [0.4, 0.5) is 5.69 Å². The van der Waals surface area contributed by atoms with Crippen molar-refractivity contribution in [3.8, 4) is 0 Å². The second-order valence-corrected chi connectivity index (χ2v) is 4.94. The summed E-state index contributed by atoms with van der Waals surface area (Å²) in [5.41, 5.74) is 7.77. The largest absolute Gasteiger partial charge is 0.381 e. The van der Waals surface area contributed by atoms with E-state index in [9.17, 15) is 0 Å². The fourth-order valence-corrected chi connectivity index (χ4v) is 1.36. The number of rotatable bonds is 3. The number of hydrogen-bond donors (Lipinski definition) is 2. The highest BCUT2D eigenvalue weighted by Crippen LogP contribution is 2.20. The Morgan fingerprint density at radius 1 is 1.57 bits per heavy atom. The van der Waals surface area contributed by atoms with Crippen LogP contribution in [-0.4, -0.2) is 17.1 Å². The normalized spacial score (nSPS) is 11.5. The number of anilines is 1. The number of aromatic nitrogens is 1. The van der Waals surface area contributed by atoms with E-state index >= 15 is 0 Å². The molecule has 0 radical (unpaired) electrons. The van der Waals surface area contributed by atoms with Gasteiger partial charge in [-0.3, -0.25) is 0 Å². The molecule has 1 heterocycles. The van der Waals surface area contributed by atoms with Crippen LogP contribution in [0.25, 0.3) is 0 Å². The van der Waals surface area contributed by atoms with Crippen molar-refractivity contribution in [2.75, 3.05) is 11.9 Å². The molecule has 0 atom stereocenters. The van der Waals surface area contributed by atoms with Crippen LogP contribution in [0, 0.1) is 6.92 Å². The van der Waals surface area contributed by atoms with Gasteiger partial charge in [0.15, 0.2) is 0 Å². The molecule has 0 saturated heterocycles. The number of pyridine rings is 1. The van der Waals surface area contributed by atoms with E-state index in [1.54, 1.807) is 0 Å². The van der Waals surface area contributed by atoms with Crippen molar-refractivity contribution in [3.05, 3.63) is 22.4 Å². The molecule has 0 aliphatic heterocycles. The van der Waals surface area contributed by atoms with E-state index in [0.717, 1.165) is 22.4 Å². The van der Waals surface area contributed by atoms with Crippen LogP contribution >= 0.6 is 15.9 Å². The van der Waals surface area contributed by atoms with Gasteiger partial charge in [-0.05, 0) is 48.3 Å². The number of aryl methyl sites for hydroxylation is 1. The van der Waals surface area contributed by atoms with Crippen LogP contribution in [0.2, 0.25) is 0 Å². The van der Waals surface area contributed by atoms with Gasteiger partial charge in [0.25, 0.3) is 0 Å². The summed E-state index contributed by atoms with van der Waals surface area (Å²) in [6.07, 6.45) is 1.82. The zero-order chi connectivity index (χ0) is 10.8. The molecule has 0 bridgehead atoms. The second-order valence-electron chi connectivity index (χ2n) is 4.19. The molecule has 0 aliphatic rings. The van der Waals surface area contributed by atoms with E-state index < -0.39 is 0 Å². The van der Waals surface area contributed by atoms with Crippen LogP contribution in [0.1, 0.15) is 19.4 Å². The van der Waals surface area contributed by atoms with Crippen LogP contribution in [0.15, 0.2) is 16.9 Å². The van der Waals surface area contributed by atoms with E-state index in [2.05, 4.69) is 26.2 Å².